The molecular formula is C16H25N3O2. The van der Waals surface area contributed by atoms with E-state index in [1.165, 1.54) is 6.42 Å². The number of nitrogens with two attached hydrogens (primary N) is 1. The third-order valence-corrected chi connectivity index (χ3v) is 4.07. The number of likely N-dealkylation sites (tertiary alicyclic amines) is 1. The number of aliphatic hydroxyl groups is 1. The Labute approximate surface area is 126 Å². The van der Waals surface area contributed by atoms with Crippen LogP contribution in [0.1, 0.15) is 31.2 Å². The number of piperidine rings is 1. The van der Waals surface area contributed by atoms with Crippen molar-refractivity contribution < 1.29 is 9.90 Å². The molecule has 0 aliphatic carbocycles. The lowest BCUT2D eigenvalue weighted by atomic mass is 9.99. The first-order chi connectivity index (χ1) is 10.2. The van der Waals surface area contributed by atoms with Crippen LogP contribution >= 0.6 is 0 Å². The molecule has 1 atom stereocenters. The second-order valence-electron chi connectivity index (χ2n) is 5.54. The Morgan fingerprint density at radius 3 is 2.95 bits per heavy atom. The molecule has 5 heteroatoms. The van der Waals surface area contributed by atoms with E-state index in [4.69, 9.17) is 10.8 Å². The zero-order valence-corrected chi connectivity index (χ0v) is 12.4. The summed E-state index contributed by atoms with van der Waals surface area (Å²) in [7, 11) is 0. The van der Waals surface area contributed by atoms with E-state index in [1.807, 2.05) is 24.3 Å². The van der Waals surface area contributed by atoms with Gasteiger partial charge in [0.15, 0.2) is 0 Å². The minimum absolute atomic E-state index is 0.0132. The number of carbonyl (C=O) groups is 1. The summed E-state index contributed by atoms with van der Waals surface area (Å²) in [5.74, 6) is -0.0132. The molecule has 1 heterocycles. The maximum Gasteiger partial charge on any atom is 0.238 e. The van der Waals surface area contributed by atoms with Crippen molar-refractivity contribution in [3.63, 3.8) is 0 Å². The van der Waals surface area contributed by atoms with Crippen LogP contribution in [0.4, 0.5) is 5.69 Å². The van der Waals surface area contributed by atoms with Crippen LogP contribution in [0.3, 0.4) is 0 Å². The number of amides is 1. The standard InChI is InChI=1S/C16H25N3O2/c17-11-13-5-1-2-7-15(13)18-16(21)12-19-9-4-3-6-14(19)8-10-20/h1-2,5,7,14,20H,3-4,6,8-12,17H2,(H,18,21). The maximum absolute atomic E-state index is 12.2. The van der Waals surface area contributed by atoms with Gasteiger partial charge >= 0.3 is 0 Å². The lowest BCUT2D eigenvalue weighted by Gasteiger charge is -2.34. The van der Waals surface area contributed by atoms with Crippen LogP contribution in [0.15, 0.2) is 24.3 Å². The number of rotatable bonds is 6. The Bertz CT molecular complexity index is 463. The zero-order valence-electron chi connectivity index (χ0n) is 12.4. The summed E-state index contributed by atoms with van der Waals surface area (Å²) < 4.78 is 0. The topological polar surface area (TPSA) is 78.6 Å². The highest BCUT2D eigenvalue weighted by molar-refractivity contribution is 5.93. The predicted octanol–water partition coefficient (Wildman–Crippen LogP) is 1.32. The Kier molecular flexibility index (Phi) is 6.17. The highest BCUT2D eigenvalue weighted by Crippen LogP contribution is 2.20. The second-order valence-corrected chi connectivity index (χ2v) is 5.54. The van der Waals surface area contributed by atoms with Crippen molar-refractivity contribution in [3.05, 3.63) is 29.8 Å². The van der Waals surface area contributed by atoms with Gasteiger partial charge in [0.25, 0.3) is 0 Å². The Balaban J connectivity index is 1.94. The van der Waals surface area contributed by atoms with Crippen molar-refractivity contribution in [1.29, 1.82) is 0 Å². The largest absolute Gasteiger partial charge is 0.396 e. The fraction of sp³-hybridized carbons (Fsp3) is 0.562. The van der Waals surface area contributed by atoms with E-state index in [0.717, 1.165) is 37.1 Å². The number of aliphatic hydroxyl groups excluding tert-OH is 1. The predicted molar refractivity (Wildman–Crippen MR) is 83.9 cm³/mol. The Morgan fingerprint density at radius 2 is 2.19 bits per heavy atom. The monoisotopic (exact) mass is 291 g/mol. The third-order valence-electron chi connectivity index (χ3n) is 4.07. The second kappa shape index (κ2) is 8.12. The molecule has 0 spiro atoms. The summed E-state index contributed by atoms with van der Waals surface area (Å²) in [5, 5.41) is 12.1. The summed E-state index contributed by atoms with van der Waals surface area (Å²) in [6, 6.07) is 7.93. The molecule has 1 aromatic rings. The van der Waals surface area contributed by atoms with Gasteiger partial charge in [-0.05, 0) is 37.4 Å². The zero-order chi connectivity index (χ0) is 15.1. The van der Waals surface area contributed by atoms with Gasteiger partial charge in [0.05, 0.1) is 6.54 Å². The molecule has 1 amide bonds. The van der Waals surface area contributed by atoms with Gasteiger partial charge < -0.3 is 16.2 Å². The van der Waals surface area contributed by atoms with Gasteiger partial charge in [-0.25, -0.2) is 0 Å². The van der Waals surface area contributed by atoms with Gasteiger partial charge in [-0.2, -0.15) is 0 Å². The first-order valence-electron chi connectivity index (χ1n) is 7.67. The van der Waals surface area contributed by atoms with Crippen LogP contribution in [0.25, 0.3) is 0 Å². The van der Waals surface area contributed by atoms with Crippen LogP contribution in [-0.2, 0) is 11.3 Å². The highest BCUT2D eigenvalue weighted by atomic mass is 16.3. The summed E-state index contributed by atoms with van der Waals surface area (Å²) in [5.41, 5.74) is 7.42. The Hall–Kier alpha value is -1.43. The number of para-hydroxylation sites is 1. The minimum Gasteiger partial charge on any atom is -0.396 e. The Morgan fingerprint density at radius 1 is 1.38 bits per heavy atom. The van der Waals surface area contributed by atoms with Gasteiger partial charge in [0.2, 0.25) is 5.91 Å². The number of hydrogen-bond donors (Lipinski definition) is 3. The fourth-order valence-electron chi connectivity index (χ4n) is 2.94. The number of nitrogens with one attached hydrogen (secondary N) is 1. The summed E-state index contributed by atoms with van der Waals surface area (Å²) in [4.78, 5) is 14.4. The first kappa shape index (κ1) is 15.9. The SMILES string of the molecule is NCc1ccccc1NC(=O)CN1CCCCC1CCO. The third kappa shape index (κ3) is 4.52. The van der Waals surface area contributed by atoms with Gasteiger partial charge in [0.1, 0.15) is 0 Å². The van der Waals surface area contributed by atoms with E-state index in [-0.39, 0.29) is 12.5 Å². The quantitative estimate of drug-likeness (QED) is 0.738. The molecule has 1 aliphatic heterocycles. The van der Waals surface area contributed by atoms with Crippen LogP contribution in [0.5, 0.6) is 0 Å². The van der Waals surface area contributed by atoms with Gasteiger partial charge in [-0.3, -0.25) is 9.69 Å². The molecular weight excluding hydrogens is 266 g/mol. The lowest BCUT2D eigenvalue weighted by molar-refractivity contribution is -0.118. The first-order valence-corrected chi connectivity index (χ1v) is 7.67. The molecule has 0 aromatic heterocycles. The van der Waals surface area contributed by atoms with Crippen molar-refractivity contribution in [1.82, 2.24) is 4.90 Å². The van der Waals surface area contributed by atoms with Gasteiger partial charge in [-0.15, -0.1) is 0 Å². The molecule has 2 rings (SSSR count). The van der Waals surface area contributed by atoms with Crippen LogP contribution in [0.2, 0.25) is 0 Å². The van der Waals surface area contributed by atoms with Crippen molar-refractivity contribution in [2.24, 2.45) is 5.73 Å². The molecule has 1 unspecified atom stereocenters. The molecule has 0 radical (unpaired) electrons. The molecule has 1 aliphatic rings. The molecule has 0 saturated carbocycles. The minimum atomic E-state index is -0.0132. The molecule has 1 saturated heterocycles. The van der Waals surface area contributed by atoms with Gasteiger partial charge in [0, 0.05) is 24.9 Å². The molecule has 116 valence electrons. The fourth-order valence-corrected chi connectivity index (χ4v) is 2.94. The average molecular weight is 291 g/mol. The van der Waals surface area contributed by atoms with Crippen LogP contribution in [0, 0.1) is 0 Å². The van der Waals surface area contributed by atoms with Crippen LogP contribution < -0.4 is 11.1 Å². The van der Waals surface area contributed by atoms with Crippen molar-refractivity contribution in [3.8, 4) is 0 Å². The molecule has 5 nitrogen and oxygen atoms in total. The average Bonchev–Trinajstić information content (AvgIpc) is 2.50. The van der Waals surface area contributed by atoms with Crippen molar-refractivity contribution >= 4 is 11.6 Å². The lowest BCUT2D eigenvalue weighted by Crippen LogP contribution is -2.44. The van der Waals surface area contributed by atoms with Crippen LogP contribution in [-0.4, -0.2) is 41.7 Å². The van der Waals surface area contributed by atoms with E-state index in [0.29, 0.717) is 19.1 Å². The normalized spacial score (nSPS) is 19.4. The maximum atomic E-state index is 12.2. The molecule has 0 bridgehead atoms. The number of hydrogen-bond acceptors (Lipinski definition) is 4. The number of benzene rings is 1. The van der Waals surface area contributed by atoms with Crippen molar-refractivity contribution in [2.45, 2.75) is 38.3 Å². The van der Waals surface area contributed by atoms with E-state index in [9.17, 15) is 4.79 Å². The van der Waals surface area contributed by atoms with E-state index < -0.39 is 0 Å². The van der Waals surface area contributed by atoms with E-state index >= 15 is 0 Å². The number of nitrogens with zero attached hydrogens (tertiary/aromatic N) is 1. The van der Waals surface area contributed by atoms with Crippen molar-refractivity contribution in [2.75, 3.05) is 25.0 Å². The molecule has 21 heavy (non-hydrogen) atoms. The molecule has 1 aromatic carbocycles. The summed E-state index contributed by atoms with van der Waals surface area (Å²) in [6.07, 6.45) is 4.10. The van der Waals surface area contributed by atoms with E-state index in [2.05, 4.69) is 10.2 Å². The number of carbonyl (C=O) groups excluding carboxylic acids is 1. The number of anilines is 1. The van der Waals surface area contributed by atoms with Gasteiger partial charge in [-0.1, -0.05) is 24.6 Å². The summed E-state index contributed by atoms with van der Waals surface area (Å²) in [6.45, 7) is 1.90. The van der Waals surface area contributed by atoms with E-state index in [1.54, 1.807) is 0 Å². The molecule has 1 fully saturated rings. The highest BCUT2D eigenvalue weighted by Gasteiger charge is 2.23. The smallest absolute Gasteiger partial charge is 0.238 e. The molecule has 4 N–H and O–H groups in total. The summed E-state index contributed by atoms with van der Waals surface area (Å²) >= 11 is 0.